The molecule has 0 spiro atoms. The van der Waals surface area contributed by atoms with Gasteiger partial charge < -0.3 is 5.73 Å². The minimum Gasteiger partial charge on any atom is -0.392 e. The van der Waals surface area contributed by atoms with Gasteiger partial charge in [-0.25, -0.2) is 0 Å². The van der Waals surface area contributed by atoms with Gasteiger partial charge in [0.05, 0.1) is 10.5 Å². The Bertz CT molecular complexity index is 438. The summed E-state index contributed by atoms with van der Waals surface area (Å²) in [6.07, 6.45) is 6.30. The van der Waals surface area contributed by atoms with Gasteiger partial charge in [0, 0.05) is 6.04 Å². The van der Waals surface area contributed by atoms with Crippen molar-refractivity contribution >= 4 is 27.4 Å². The first kappa shape index (κ1) is 15.2. The second-order valence-corrected chi connectivity index (χ2v) is 7.68. The third-order valence-corrected chi connectivity index (χ3v) is 5.93. The Hall–Kier alpha value is -0.240. The van der Waals surface area contributed by atoms with Crippen LogP contribution in [0.3, 0.4) is 0 Å². The van der Waals surface area contributed by atoms with E-state index in [0.717, 1.165) is 32.1 Å². The molecule has 4 N–H and O–H groups in total. The summed E-state index contributed by atoms with van der Waals surface area (Å²) in [5, 5.41) is 0. The first-order valence-corrected chi connectivity index (χ1v) is 8.87. The van der Waals surface area contributed by atoms with Gasteiger partial charge in [0.1, 0.15) is 0 Å². The lowest BCUT2D eigenvalue weighted by Gasteiger charge is -2.39. The Morgan fingerprint density at radius 1 is 1.32 bits per heavy atom. The maximum Gasteiger partial charge on any atom is 0.278 e. The zero-order chi connectivity index (χ0) is 14.1. The van der Waals surface area contributed by atoms with Gasteiger partial charge in [0.15, 0.2) is 0 Å². The zero-order valence-electron chi connectivity index (χ0n) is 11.3. The average Bonchev–Trinajstić information content (AvgIpc) is 3.12. The van der Waals surface area contributed by atoms with Gasteiger partial charge >= 0.3 is 0 Å². The fraction of sp³-hybridized carbons (Fsp3) is 0.917. The molecule has 0 heterocycles. The maximum absolute atomic E-state index is 12.1. The van der Waals surface area contributed by atoms with E-state index in [2.05, 4.69) is 16.4 Å². The summed E-state index contributed by atoms with van der Waals surface area (Å²) in [5.74, 6) is 0.656. The molecule has 7 heteroatoms. The largest absolute Gasteiger partial charge is 0.392 e. The minimum atomic E-state index is -3.51. The molecule has 0 aromatic rings. The van der Waals surface area contributed by atoms with Gasteiger partial charge in [-0.2, -0.15) is 17.9 Å². The molecular formula is C12H23N3O2S2. The first-order valence-electron chi connectivity index (χ1n) is 6.98. The van der Waals surface area contributed by atoms with Crippen molar-refractivity contribution in [2.75, 3.05) is 0 Å². The van der Waals surface area contributed by atoms with E-state index < -0.39 is 15.7 Å². The van der Waals surface area contributed by atoms with E-state index in [0.29, 0.717) is 18.8 Å². The summed E-state index contributed by atoms with van der Waals surface area (Å²) >= 11 is 5.12. The van der Waals surface area contributed by atoms with Crippen LogP contribution in [0, 0.1) is 5.92 Å². The second-order valence-electron chi connectivity index (χ2n) is 5.80. The summed E-state index contributed by atoms with van der Waals surface area (Å²) < 4.78 is 29.5. The number of nitrogens with two attached hydrogens (primary N) is 1. The van der Waals surface area contributed by atoms with E-state index in [1.807, 2.05) is 0 Å². The normalized spacial score (nSPS) is 32.2. The zero-order valence-corrected chi connectivity index (χ0v) is 12.9. The molecule has 2 fully saturated rings. The van der Waals surface area contributed by atoms with Crippen LogP contribution >= 0.6 is 12.2 Å². The van der Waals surface area contributed by atoms with E-state index in [4.69, 9.17) is 18.0 Å². The molecule has 2 aliphatic rings. The van der Waals surface area contributed by atoms with Crippen LogP contribution in [-0.4, -0.2) is 25.0 Å². The Morgan fingerprint density at radius 2 is 1.89 bits per heavy atom. The third kappa shape index (κ3) is 3.87. The molecule has 0 unspecified atom stereocenters. The summed E-state index contributed by atoms with van der Waals surface area (Å²) in [4.78, 5) is 0.267. The topological polar surface area (TPSA) is 84.2 Å². The number of rotatable bonds is 6. The molecule has 19 heavy (non-hydrogen) atoms. The van der Waals surface area contributed by atoms with E-state index in [1.165, 1.54) is 0 Å². The second kappa shape index (κ2) is 5.63. The maximum atomic E-state index is 12.1. The SMILES string of the molecule is CCC1CCC(NS(=O)(=O)NC2CC2)(C(N)=S)CC1. The number of nitrogens with one attached hydrogen (secondary N) is 2. The summed E-state index contributed by atoms with van der Waals surface area (Å²) in [5.41, 5.74) is 5.09. The van der Waals surface area contributed by atoms with Crippen molar-refractivity contribution in [3.8, 4) is 0 Å². The fourth-order valence-electron chi connectivity index (χ4n) is 2.68. The Morgan fingerprint density at radius 3 is 2.32 bits per heavy atom. The molecule has 2 saturated carbocycles. The van der Waals surface area contributed by atoms with Crippen LogP contribution in [0.1, 0.15) is 51.9 Å². The van der Waals surface area contributed by atoms with Crippen molar-refractivity contribution in [1.82, 2.24) is 9.44 Å². The first-order chi connectivity index (χ1) is 8.87. The van der Waals surface area contributed by atoms with E-state index in [-0.39, 0.29) is 11.0 Å². The van der Waals surface area contributed by atoms with Gasteiger partial charge in [-0.15, -0.1) is 0 Å². The lowest BCUT2D eigenvalue weighted by molar-refractivity contribution is 0.268. The Labute approximate surface area is 120 Å². The highest BCUT2D eigenvalue weighted by molar-refractivity contribution is 7.87. The molecule has 0 radical (unpaired) electrons. The molecule has 0 aromatic heterocycles. The van der Waals surface area contributed by atoms with Crippen LogP contribution < -0.4 is 15.2 Å². The minimum absolute atomic E-state index is 0.0906. The van der Waals surface area contributed by atoms with Crippen LogP contribution in [0.2, 0.25) is 0 Å². The number of hydrogen-bond donors (Lipinski definition) is 3. The quantitative estimate of drug-likeness (QED) is 0.644. The highest BCUT2D eigenvalue weighted by Gasteiger charge is 2.41. The molecule has 0 atom stereocenters. The van der Waals surface area contributed by atoms with Crippen LogP contribution in [0.15, 0.2) is 0 Å². The van der Waals surface area contributed by atoms with Gasteiger partial charge in [-0.3, -0.25) is 0 Å². The lowest BCUT2D eigenvalue weighted by Crippen LogP contribution is -2.60. The van der Waals surface area contributed by atoms with Crippen LogP contribution in [0.5, 0.6) is 0 Å². The van der Waals surface area contributed by atoms with Crippen LogP contribution in [0.25, 0.3) is 0 Å². The average molecular weight is 305 g/mol. The number of hydrogen-bond acceptors (Lipinski definition) is 3. The van der Waals surface area contributed by atoms with Gasteiger partial charge in [-0.05, 0) is 44.4 Å². The predicted molar refractivity (Wildman–Crippen MR) is 80.0 cm³/mol. The van der Waals surface area contributed by atoms with Crippen molar-refractivity contribution in [3.05, 3.63) is 0 Å². The Balaban J connectivity index is 2.05. The molecule has 2 aliphatic carbocycles. The van der Waals surface area contributed by atoms with Crippen LogP contribution in [0.4, 0.5) is 0 Å². The standard InChI is InChI=1S/C12H23N3O2S2/c1-2-9-5-7-12(8-6-9,11(13)18)15-19(16,17)14-10-3-4-10/h9-10,14-15H,2-8H2,1H3,(H2,13,18). The predicted octanol–water partition coefficient (Wildman–Crippen LogP) is 1.20. The van der Waals surface area contributed by atoms with E-state index >= 15 is 0 Å². The van der Waals surface area contributed by atoms with Crippen molar-refractivity contribution in [1.29, 1.82) is 0 Å². The van der Waals surface area contributed by atoms with Crippen molar-refractivity contribution in [3.63, 3.8) is 0 Å². The monoisotopic (exact) mass is 305 g/mol. The molecule has 0 aromatic carbocycles. The van der Waals surface area contributed by atoms with Gasteiger partial charge in [0.25, 0.3) is 10.2 Å². The summed E-state index contributed by atoms with van der Waals surface area (Å²) in [6.45, 7) is 2.16. The van der Waals surface area contributed by atoms with Crippen LogP contribution in [-0.2, 0) is 10.2 Å². The molecule has 5 nitrogen and oxygen atoms in total. The molecule has 0 aliphatic heterocycles. The molecule has 2 rings (SSSR count). The van der Waals surface area contributed by atoms with Crippen molar-refractivity contribution in [2.45, 2.75) is 63.5 Å². The van der Waals surface area contributed by atoms with E-state index in [1.54, 1.807) is 0 Å². The van der Waals surface area contributed by atoms with Gasteiger partial charge in [0.2, 0.25) is 0 Å². The van der Waals surface area contributed by atoms with Crippen molar-refractivity contribution in [2.24, 2.45) is 11.7 Å². The highest BCUT2D eigenvalue weighted by Crippen LogP contribution is 2.34. The molecule has 0 saturated heterocycles. The third-order valence-electron chi connectivity index (χ3n) is 4.24. The van der Waals surface area contributed by atoms with E-state index in [9.17, 15) is 8.42 Å². The highest BCUT2D eigenvalue weighted by atomic mass is 32.2. The van der Waals surface area contributed by atoms with Crippen molar-refractivity contribution < 1.29 is 8.42 Å². The van der Waals surface area contributed by atoms with Gasteiger partial charge in [-0.1, -0.05) is 25.6 Å². The Kier molecular flexibility index (Phi) is 4.49. The summed E-state index contributed by atoms with van der Waals surface area (Å²) in [7, 11) is -3.51. The molecule has 0 bridgehead atoms. The summed E-state index contributed by atoms with van der Waals surface area (Å²) in [6, 6.07) is 0.0906. The molecule has 110 valence electrons. The fourth-order valence-corrected chi connectivity index (χ4v) is 4.57. The lowest BCUT2D eigenvalue weighted by atomic mass is 9.76. The number of thiocarbonyl (C=S) groups is 1. The molecular weight excluding hydrogens is 282 g/mol. The molecule has 0 amide bonds. The smallest absolute Gasteiger partial charge is 0.278 e.